The zero-order chi connectivity index (χ0) is 12.1. The third-order valence-electron chi connectivity index (χ3n) is 2.33. The van der Waals surface area contributed by atoms with Gasteiger partial charge in [0.15, 0.2) is 0 Å². The lowest BCUT2D eigenvalue weighted by Crippen LogP contribution is -2.33. The van der Waals surface area contributed by atoms with Crippen LogP contribution in [0.4, 0.5) is 0 Å². The molecule has 0 heterocycles. The highest BCUT2D eigenvalue weighted by Gasteiger charge is 2.17. The molecule has 0 N–H and O–H groups in total. The van der Waals surface area contributed by atoms with Gasteiger partial charge in [-0.2, -0.15) is 0 Å². The van der Waals surface area contributed by atoms with Crippen LogP contribution in [0.1, 0.15) is 29.8 Å². The number of carbonyl (C=O) groups excluding carboxylic acids is 2. The van der Waals surface area contributed by atoms with Gasteiger partial charge in [-0.1, -0.05) is 32.0 Å². The fourth-order valence-corrected chi connectivity index (χ4v) is 1.53. The summed E-state index contributed by atoms with van der Waals surface area (Å²) in [6, 6.07) is 7.29. The molecule has 1 aromatic rings. The first-order valence-electron chi connectivity index (χ1n) is 5.38. The molecule has 2 amide bonds. The van der Waals surface area contributed by atoms with E-state index in [9.17, 15) is 9.59 Å². The highest BCUT2D eigenvalue weighted by atomic mass is 16.2. The lowest BCUT2D eigenvalue weighted by Gasteiger charge is -2.18. The van der Waals surface area contributed by atoms with Crippen molar-refractivity contribution in [3.8, 4) is 0 Å². The van der Waals surface area contributed by atoms with Gasteiger partial charge in [-0.15, -0.1) is 0 Å². The van der Waals surface area contributed by atoms with E-state index in [-0.39, 0.29) is 11.8 Å². The summed E-state index contributed by atoms with van der Waals surface area (Å²) in [6.45, 7) is 6.27. The molecule has 0 aliphatic rings. The van der Waals surface area contributed by atoms with E-state index in [0.717, 1.165) is 5.56 Å². The zero-order valence-corrected chi connectivity index (χ0v) is 9.93. The predicted octanol–water partition coefficient (Wildman–Crippen LogP) is 2.25. The lowest BCUT2D eigenvalue weighted by atomic mass is 10.1. The van der Waals surface area contributed by atoms with E-state index in [4.69, 9.17) is 0 Å². The van der Waals surface area contributed by atoms with Gasteiger partial charge in [0, 0.05) is 12.1 Å². The van der Waals surface area contributed by atoms with Gasteiger partial charge in [-0.05, 0) is 24.5 Å². The first-order chi connectivity index (χ1) is 7.56. The van der Waals surface area contributed by atoms with E-state index in [1.165, 1.54) is 4.90 Å². The molecule has 0 saturated heterocycles. The second kappa shape index (κ2) is 5.45. The monoisotopic (exact) mass is 219 g/mol. The molecule has 3 nitrogen and oxygen atoms in total. The second-order valence-electron chi connectivity index (χ2n) is 4.27. The second-order valence-corrected chi connectivity index (χ2v) is 4.27. The van der Waals surface area contributed by atoms with Gasteiger partial charge in [0.1, 0.15) is 0 Å². The number of hydrogen-bond donors (Lipinski definition) is 0. The lowest BCUT2D eigenvalue weighted by molar-refractivity contribution is -0.116. The van der Waals surface area contributed by atoms with Crippen molar-refractivity contribution in [1.82, 2.24) is 4.90 Å². The average Bonchev–Trinajstić information content (AvgIpc) is 2.25. The zero-order valence-electron chi connectivity index (χ0n) is 9.93. The van der Waals surface area contributed by atoms with Crippen LogP contribution in [0.5, 0.6) is 0 Å². The minimum Gasteiger partial charge on any atom is -0.281 e. The Morgan fingerprint density at radius 1 is 1.38 bits per heavy atom. The van der Waals surface area contributed by atoms with Crippen molar-refractivity contribution in [2.24, 2.45) is 5.92 Å². The van der Waals surface area contributed by atoms with E-state index in [1.54, 1.807) is 12.1 Å². The highest BCUT2D eigenvalue weighted by molar-refractivity contribution is 6.00. The van der Waals surface area contributed by atoms with Crippen molar-refractivity contribution < 1.29 is 9.59 Å². The number of aryl methyl sites for hydroxylation is 1. The SMILES string of the molecule is Cc1ccccc1C(=O)N(C=O)CC(C)C. The first-order valence-corrected chi connectivity index (χ1v) is 5.38. The van der Waals surface area contributed by atoms with Crippen molar-refractivity contribution >= 4 is 12.3 Å². The molecule has 86 valence electrons. The number of amides is 2. The standard InChI is InChI=1S/C13H17NO2/c1-10(2)8-14(9-15)13(16)12-7-5-4-6-11(12)3/h4-7,9-10H,8H2,1-3H3. The Hall–Kier alpha value is -1.64. The van der Waals surface area contributed by atoms with Crippen LogP contribution in [0.15, 0.2) is 24.3 Å². The van der Waals surface area contributed by atoms with E-state index in [0.29, 0.717) is 18.5 Å². The van der Waals surface area contributed by atoms with E-state index < -0.39 is 0 Å². The number of carbonyl (C=O) groups is 2. The van der Waals surface area contributed by atoms with Crippen LogP contribution < -0.4 is 0 Å². The van der Waals surface area contributed by atoms with Crippen molar-refractivity contribution in [3.05, 3.63) is 35.4 Å². The molecule has 0 spiro atoms. The van der Waals surface area contributed by atoms with Crippen LogP contribution in [0.25, 0.3) is 0 Å². The topological polar surface area (TPSA) is 37.4 Å². The summed E-state index contributed by atoms with van der Waals surface area (Å²) >= 11 is 0. The molecule has 16 heavy (non-hydrogen) atoms. The van der Waals surface area contributed by atoms with Crippen LogP contribution in [0, 0.1) is 12.8 Å². The quantitative estimate of drug-likeness (QED) is 0.728. The van der Waals surface area contributed by atoms with Crippen LogP contribution in [0.2, 0.25) is 0 Å². The summed E-state index contributed by atoms with van der Waals surface area (Å²) in [7, 11) is 0. The largest absolute Gasteiger partial charge is 0.281 e. The van der Waals surface area contributed by atoms with Gasteiger partial charge < -0.3 is 0 Å². The van der Waals surface area contributed by atoms with Gasteiger partial charge in [0.25, 0.3) is 5.91 Å². The smallest absolute Gasteiger partial charge is 0.260 e. The average molecular weight is 219 g/mol. The maximum Gasteiger partial charge on any atom is 0.260 e. The van der Waals surface area contributed by atoms with Gasteiger partial charge in [-0.3, -0.25) is 14.5 Å². The van der Waals surface area contributed by atoms with Crippen LogP contribution in [-0.2, 0) is 4.79 Å². The van der Waals surface area contributed by atoms with Crippen molar-refractivity contribution in [2.75, 3.05) is 6.54 Å². The molecule has 0 bridgehead atoms. The van der Waals surface area contributed by atoms with Gasteiger partial charge in [0.05, 0.1) is 0 Å². The van der Waals surface area contributed by atoms with Gasteiger partial charge in [0.2, 0.25) is 6.41 Å². The molecule has 0 atom stereocenters. The molecule has 0 radical (unpaired) electrons. The first kappa shape index (κ1) is 12.4. The normalized spacial score (nSPS) is 10.2. The minimum absolute atomic E-state index is 0.221. The van der Waals surface area contributed by atoms with E-state index in [1.807, 2.05) is 32.9 Å². The molecular weight excluding hydrogens is 202 g/mol. The highest BCUT2D eigenvalue weighted by Crippen LogP contribution is 2.10. The van der Waals surface area contributed by atoms with Crippen molar-refractivity contribution in [2.45, 2.75) is 20.8 Å². The predicted molar refractivity (Wildman–Crippen MR) is 63.1 cm³/mol. The number of imide groups is 1. The Balaban J connectivity index is 2.91. The van der Waals surface area contributed by atoms with Gasteiger partial charge in [-0.25, -0.2) is 0 Å². The maximum absolute atomic E-state index is 12.0. The molecule has 1 aromatic carbocycles. The third-order valence-corrected chi connectivity index (χ3v) is 2.33. The number of rotatable bonds is 4. The summed E-state index contributed by atoms with van der Waals surface area (Å²) in [4.78, 5) is 24.1. The van der Waals surface area contributed by atoms with E-state index >= 15 is 0 Å². The molecule has 0 aromatic heterocycles. The fraction of sp³-hybridized carbons (Fsp3) is 0.385. The third kappa shape index (κ3) is 2.92. The Labute approximate surface area is 96.1 Å². The molecule has 0 fully saturated rings. The molecule has 0 unspecified atom stereocenters. The number of benzene rings is 1. The van der Waals surface area contributed by atoms with Crippen molar-refractivity contribution in [1.29, 1.82) is 0 Å². The Morgan fingerprint density at radius 3 is 2.50 bits per heavy atom. The number of hydrogen-bond acceptors (Lipinski definition) is 2. The Bertz CT molecular complexity index is 385. The molecule has 0 aliphatic carbocycles. The Morgan fingerprint density at radius 2 is 2.00 bits per heavy atom. The molecule has 0 aliphatic heterocycles. The maximum atomic E-state index is 12.0. The Kier molecular flexibility index (Phi) is 4.23. The van der Waals surface area contributed by atoms with Crippen LogP contribution in [0.3, 0.4) is 0 Å². The molecular formula is C13H17NO2. The summed E-state index contributed by atoms with van der Waals surface area (Å²) < 4.78 is 0. The van der Waals surface area contributed by atoms with Crippen LogP contribution >= 0.6 is 0 Å². The number of nitrogens with zero attached hydrogens (tertiary/aromatic N) is 1. The minimum atomic E-state index is -0.221. The summed E-state index contributed by atoms with van der Waals surface area (Å²) in [5, 5.41) is 0. The van der Waals surface area contributed by atoms with Crippen LogP contribution in [-0.4, -0.2) is 23.8 Å². The van der Waals surface area contributed by atoms with Gasteiger partial charge >= 0.3 is 0 Å². The summed E-state index contributed by atoms with van der Waals surface area (Å²) in [5.41, 5.74) is 1.48. The summed E-state index contributed by atoms with van der Waals surface area (Å²) in [6.07, 6.45) is 0.606. The molecule has 3 heteroatoms. The van der Waals surface area contributed by atoms with E-state index in [2.05, 4.69) is 0 Å². The molecule has 0 saturated carbocycles. The fourth-order valence-electron chi connectivity index (χ4n) is 1.53. The van der Waals surface area contributed by atoms with Crippen molar-refractivity contribution in [3.63, 3.8) is 0 Å². The summed E-state index contributed by atoms with van der Waals surface area (Å²) in [5.74, 6) is 0.0555. The molecule has 1 rings (SSSR count).